The maximum absolute atomic E-state index is 12.8. The molecular formula is C20H18N2O4. The van der Waals surface area contributed by atoms with Crippen LogP contribution in [0.1, 0.15) is 20.9 Å². The van der Waals surface area contributed by atoms with Crippen molar-refractivity contribution in [2.45, 2.75) is 6.17 Å². The van der Waals surface area contributed by atoms with Gasteiger partial charge in [-0.2, -0.15) is 0 Å². The maximum Gasteiger partial charge on any atom is 0.288 e. The summed E-state index contributed by atoms with van der Waals surface area (Å²) in [6.45, 7) is 0. The summed E-state index contributed by atoms with van der Waals surface area (Å²) in [4.78, 5) is 25.2. The number of ketones is 1. The van der Waals surface area contributed by atoms with Crippen LogP contribution in [0.3, 0.4) is 0 Å². The fourth-order valence-corrected chi connectivity index (χ4v) is 2.40. The van der Waals surface area contributed by atoms with Gasteiger partial charge in [0.15, 0.2) is 11.9 Å². The van der Waals surface area contributed by atoms with Crippen LogP contribution in [0.4, 0.5) is 5.69 Å². The highest BCUT2D eigenvalue weighted by Gasteiger charge is 2.23. The van der Waals surface area contributed by atoms with E-state index in [2.05, 4.69) is 10.6 Å². The van der Waals surface area contributed by atoms with Gasteiger partial charge in [-0.3, -0.25) is 9.59 Å². The van der Waals surface area contributed by atoms with Crippen LogP contribution in [0, 0.1) is 0 Å². The number of carbonyl (C=O) groups is 2. The molecule has 2 N–H and O–H groups in total. The Morgan fingerprint density at radius 2 is 1.69 bits per heavy atom. The molecule has 0 spiro atoms. The molecule has 2 aromatic carbocycles. The molecule has 132 valence electrons. The second-order valence-corrected chi connectivity index (χ2v) is 5.49. The van der Waals surface area contributed by atoms with Crippen molar-refractivity contribution >= 4 is 17.4 Å². The Balaban J connectivity index is 1.82. The van der Waals surface area contributed by atoms with E-state index < -0.39 is 12.1 Å². The topological polar surface area (TPSA) is 80.6 Å². The summed E-state index contributed by atoms with van der Waals surface area (Å²) in [5.74, 6) is 0.0834. The highest BCUT2D eigenvalue weighted by atomic mass is 16.5. The van der Waals surface area contributed by atoms with Gasteiger partial charge in [0.2, 0.25) is 5.78 Å². The number of benzene rings is 2. The first-order valence-electron chi connectivity index (χ1n) is 8.01. The van der Waals surface area contributed by atoms with Crippen molar-refractivity contribution in [3.05, 3.63) is 84.3 Å². The summed E-state index contributed by atoms with van der Waals surface area (Å²) in [5.41, 5.74) is 1.15. The Hall–Kier alpha value is -3.54. The lowest BCUT2D eigenvalue weighted by Gasteiger charge is -2.20. The lowest BCUT2D eigenvalue weighted by atomic mass is 10.1. The summed E-state index contributed by atoms with van der Waals surface area (Å²) >= 11 is 0. The van der Waals surface area contributed by atoms with Crippen LogP contribution in [-0.2, 0) is 0 Å². The maximum atomic E-state index is 12.8. The van der Waals surface area contributed by atoms with Gasteiger partial charge in [-0.1, -0.05) is 30.3 Å². The number of anilines is 1. The third-order valence-electron chi connectivity index (χ3n) is 3.74. The first-order valence-corrected chi connectivity index (χ1v) is 8.01. The van der Waals surface area contributed by atoms with E-state index in [4.69, 9.17) is 9.15 Å². The summed E-state index contributed by atoms with van der Waals surface area (Å²) in [6.07, 6.45) is 0.447. The molecule has 0 radical (unpaired) electrons. The van der Waals surface area contributed by atoms with Crippen molar-refractivity contribution in [1.82, 2.24) is 5.32 Å². The Morgan fingerprint density at radius 3 is 2.31 bits per heavy atom. The number of amides is 1. The standard InChI is InChI=1S/C20H18N2O4/c1-25-16-11-9-15(10-12-16)21-19(18(23)14-6-3-2-4-7-14)22-20(24)17-8-5-13-26-17/h2-13,19,21H,1H3,(H,22,24)/t19-/m1/s1. The van der Waals surface area contributed by atoms with Crippen molar-refractivity contribution in [1.29, 1.82) is 0 Å². The molecule has 6 heteroatoms. The molecule has 0 fully saturated rings. The first-order chi connectivity index (χ1) is 12.7. The van der Waals surface area contributed by atoms with E-state index in [0.717, 1.165) is 0 Å². The van der Waals surface area contributed by atoms with Crippen LogP contribution >= 0.6 is 0 Å². The largest absolute Gasteiger partial charge is 0.497 e. The molecule has 0 saturated carbocycles. The molecule has 3 aromatic rings. The van der Waals surface area contributed by atoms with Crippen molar-refractivity contribution < 1.29 is 18.7 Å². The summed E-state index contributed by atoms with van der Waals surface area (Å²) in [5, 5.41) is 5.71. The number of rotatable bonds is 7. The highest BCUT2D eigenvalue weighted by molar-refractivity contribution is 6.04. The molecule has 1 amide bonds. The number of furan rings is 1. The van der Waals surface area contributed by atoms with E-state index in [0.29, 0.717) is 17.0 Å². The molecule has 1 atom stereocenters. The molecule has 0 saturated heterocycles. The Morgan fingerprint density at radius 1 is 0.962 bits per heavy atom. The number of hydrogen-bond donors (Lipinski definition) is 2. The van der Waals surface area contributed by atoms with Crippen LogP contribution in [0.15, 0.2) is 77.4 Å². The van der Waals surface area contributed by atoms with Gasteiger partial charge in [0.1, 0.15) is 5.75 Å². The van der Waals surface area contributed by atoms with E-state index in [1.807, 2.05) is 6.07 Å². The van der Waals surface area contributed by atoms with Crippen LogP contribution in [-0.4, -0.2) is 25.0 Å². The minimum atomic E-state index is -0.955. The van der Waals surface area contributed by atoms with Crippen LogP contribution in [0.2, 0.25) is 0 Å². The van der Waals surface area contributed by atoms with E-state index >= 15 is 0 Å². The van der Waals surface area contributed by atoms with Crippen molar-refractivity contribution in [2.24, 2.45) is 0 Å². The molecule has 6 nitrogen and oxygen atoms in total. The molecule has 0 aliphatic heterocycles. The van der Waals surface area contributed by atoms with Gasteiger partial charge < -0.3 is 19.8 Å². The van der Waals surface area contributed by atoms with Gasteiger partial charge in [0.05, 0.1) is 13.4 Å². The third-order valence-corrected chi connectivity index (χ3v) is 3.74. The monoisotopic (exact) mass is 350 g/mol. The van der Waals surface area contributed by atoms with Crippen LogP contribution < -0.4 is 15.4 Å². The average molecular weight is 350 g/mol. The second-order valence-electron chi connectivity index (χ2n) is 5.49. The molecule has 26 heavy (non-hydrogen) atoms. The summed E-state index contributed by atoms with van der Waals surface area (Å²) in [6, 6.07) is 19.0. The molecular weight excluding hydrogens is 332 g/mol. The molecule has 3 rings (SSSR count). The van der Waals surface area contributed by atoms with Gasteiger partial charge in [0, 0.05) is 11.3 Å². The van der Waals surface area contributed by atoms with Crippen molar-refractivity contribution in [2.75, 3.05) is 12.4 Å². The number of ether oxygens (including phenoxy) is 1. The zero-order chi connectivity index (χ0) is 18.4. The molecule has 1 aromatic heterocycles. The molecule has 0 aliphatic rings. The smallest absolute Gasteiger partial charge is 0.288 e. The predicted molar refractivity (Wildman–Crippen MR) is 97.4 cm³/mol. The molecule has 0 unspecified atom stereocenters. The number of methoxy groups -OCH3 is 1. The van der Waals surface area contributed by atoms with Gasteiger partial charge in [0.25, 0.3) is 5.91 Å². The van der Waals surface area contributed by atoms with Crippen molar-refractivity contribution in [3.63, 3.8) is 0 Å². The lowest BCUT2D eigenvalue weighted by Crippen LogP contribution is -2.46. The van der Waals surface area contributed by atoms with Gasteiger partial charge >= 0.3 is 0 Å². The fraction of sp³-hybridized carbons (Fsp3) is 0.100. The highest BCUT2D eigenvalue weighted by Crippen LogP contribution is 2.17. The minimum Gasteiger partial charge on any atom is -0.497 e. The predicted octanol–water partition coefficient (Wildman–Crippen LogP) is 3.34. The van der Waals surface area contributed by atoms with Gasteiger partial charge in [-0.15, -0.1) is 0 Å². The first kappa shape index (κ1) is 17.3. The van der Waals surface area contributed by atoms with Gasteiger partial charge in [-0.25, -0.2) is 0 Å². The quantitative estimate of drug-likeness (QED) is 0.505. The molecule has 0 bridgehead atoms. The minimum absolute atomic E-state index is 0.132. The number of Topliss-reactive ketones (excluding diaryl/α,β-unsaturated/α-hetero) is 1. The number of nitrogens with one attached hydrogen (secondary N) is 2. The normalized spacial score (nSPS) is 11.4. The van der Waals surface area contributed by atoms with E-state index in [9.17, 15) is 9.59 Å². The number of hydrogen-bond acceptors (Lipinski definition) is 5. The summed E-state index contributed by atoms with van der Waals surface area (Å²) in [7, 11) is 1.58. The van der Waals surface area contributed by atoms with E-state index in [-0.39, 0.29) is 11.5 Å². The summed E-state index contributed by atoms with van der Waals surface area (Å²) < 4.78 is 10.2. The van der Waals surface area contributed by atoms with Gasteiger partial charge in [-0.05, 0) is 36.4 Å². The van der Waals surface area contributed by atoms with Crippen molar-refractivity contribution in [3.8, 4) is 5.75 Å². The lowest BCUT2D eigenvalue weighted by molar-refractivity contribution is 0.0853. The Bertz CT molecular complexity index is 859. The van der Waals surface area contributed by atoms with E-state index in [1.54, 1.807) is 61.7 Å². The third kappa shape index (κ3) is 4.10. The average Bonchev–Trinajstić information content (AvgIpc) is 3.23. The Labute approximate surface area is 150 Å². The zero-order valence-electron chi connectivity index (χ0n) is 14.1. The second kappa shape index (κ2) is 8.02. The van der Waals surface area contributed by atoms with Crippen LogP contribution in [0.25, 0.3) is 0 Å². The number of carbonyl (C=O) groups excluding carboxylic acids is 2. The molecule has 0 aliphatic carbocycles. The van der Waals surface area contributed by atoms with Crippen LogP contribution in [0.5, 0.6) is 5.75 Å². The fourth-order valence-electron chi connectivity index (χ4n) is 2.40. The molecule has 1 heterocycles. The van der Waals surface area contributed by atoms with E-state index in [1.165, 1.54) is 12.3 Å². The SMILES string of the molecule is COc1ccc(N[C@H](NC(=O)c2ccco2)C(=O)c2ccccc2)cc1. The Kier molecular flexibility index (Phi) is 5.34. The zero-order valence-corrected chi connectivity index (χ0v) is 14.1.